The lowest BCUT2D eigenvalue weighted by molar-refractivity contribution is -0.286. The van der Waals surface area contributed by atoms with Crippen LogP contribution in [0.25, 0.3) is 0 Å². The van der Waals surface area contributed by atoms with Crippen LogP contribution in [0.1, 0.15) is 43.6 Å². The van der Waals surface area contributed by atoms with Crippen LogP contribution in [-0.4, -0.2) is 100 Å². The summed E-state index contributed by atoms with van der Waals surface area (Å²) < 4.78 is 61.0. The van der Waals surface area contributed by atoms with Crippen molar-refractivity contribution in [1.29, 1.82) is 0 Å². The van der Waals surface area contributed by atoms with E-state index in [0.29, 0.717) is 21.9 Å². The van der Waals surface area contributed by atoms with E-state index in [0.717, 1.165) is 5.56 Å². The fourth-order valence-corrected chi connectivity index (χ4v) is 8.76. The van der Waals surface area contributed by atoms with E-state index in [4.69, 9.17) is 74.8 Å². The average Bonchev–Trinajstić information content (AvgIpc) is 3.23. The monoisotopic (exact) mass is 954 g/mol. The molecule has 62 heavy (non-hydrogen) atoms. The fourth-order valence-electron chi connectivity index (χ4n) is 6.47. The molecular formula is C43H46Cl4N2O12S. The van der Waals surface area contributed by atoms with E-state index in [-0.39, 0.29) is 33.2 Å². The number of sulfone groups is 1. The summed E-state index contributed by atoms with van der Waals surface area (Å²) in [5.41, 5.74) is 1.51. The lowest BCUT2D eigenvalue weighted by atomic mass is 9.95. The van der Waals surface area contributed by atoms with E-state index >= 15 is 0 Å². The first-order valence-electron chi connectivity index (χ1n) is 19.2. The van der Waals surface area contributed by atoms with Gasteiger partial charge in [-0.3, -0.25) is 9.59 Å². The predicted octanol–water partition coefficient (Wildman–Crippen LogP) is 6.52. The highest BCUT2D eigenvalue weighted by Crippen LogP contribution is 2.42. The molecule has 19 heteroatoms. The molecular weight excluding hydrogens is 910 g/mol. The minimum Gasteiger partial charge on any atom is -0.497 e. The summed E-state index contributed by atoms with van der Waals surface area (Å²) in [6.45, 7) is 3.18. The molecule has 0 bridgehead atoms. The Morgan fingerprint density at radius 3 is 2.15 bits per heavy atom. The first kappa shape index (κ1) is 49.0. The molecule has 1 aliphatic heterocycles. The van der Waals surface area contributed by atoms with Gasteiger partial charge in [-0.1, -0.05) is 101 Å². The largest absolute Gasteiger partial charge is 0.497 e. The van der Waals surface area contributed by atoms with Gasteiger partial charge in [-0.25, -0.2) is 13.2 Å². The minimum atomic E-state index is -3.73. The van der Waals surface area contributed by atoms with Crippen LogP contribution in [0, 0.1) is 0 Å². The Bertz CT molecular complexity index is 2250. The van der Waals surface area contributed by atoms with Crippen molar-refractivity contribution in [3.63, 3.8) is 0 Å². The number of carbonyl (C=O) groups is 3. The van der Waals surface area contributed by atoms with Gasteiger partial charge >= 0.3 is 5.97 Å². The number of hydrogen-bond acceptors (Lipinski definition) is 12. The van der Waals surface area contributed by atoms with Crippen LogP contribution in [0.4, 0.5) is 0 Å². The zero-order valence-electron chi connectivity index (χ0n) is 34.0. The standard InChI is InChI=1S/C43H46Cl4N2O12S/c1-24(42(53)57-17-18-62(54,55)30-13-9-6-10-14-30)48-41(52)25(2)60-40-37(49-26(3)50)43(59-22-27-11-7-5-8-12-27)61-35(38(40)51)23-58-39(31-16-15-28(44)19-32(31)45)36-33(46)20-29(56-4)21-34(36)47/h5-16,19-21,24-25,35,37-40,43,51H,17-18,22-23H2,1-4H3,(H,48,52)(H,49,50)/t24-,25+,35+,37+,38+,39?,40+,43-/m0/s1. The number of esters is 1. The quantitative estimate of drug-likeness (QED) is 0.0867. The Hall–Kier alpha value is -4.00. The molecule has 1 unspecified atom stereocenters. The van der Waals surface area contributed by atoms with E-state index in [1.165, 1.54) is 46.1 Å². The Kier molecular flexibility index (Phi) is 17.8. The summed E-state index contributed by atoms with van der Waals surface area (Å²) >= 11 is 26.4. The van der Waals surface area contributed by atoms with E-state index in [1.807, 2.05) is 30.3 Å². The maximum atomic E-state index is 13.5. The Labute approximate surface area is 379 Å². The van der Waals surface area contributed by atoms with Crippen molar-refractivity contribution < 1.29 is 56.3 Å². The second-order valence-electron chi connectivity index (χ2n) is 14.2. The maximum absolute atomic E-state index is 13.5. The average molecular weight is 957 g/mol. The summed E-state index contributed by atoms with van der Waals surface area (Å²) in [6, 6.07) is 22.3. The number of ether oxygens (including phenoxy) is 6. The van der Waals surface area contributed by atoms with Crippen molar-refractivity contribution in [2.45, 2.75) is 81.2 Å². The summed E-state index contributed by atoms with van der Waals surface area (Å²) in [6.07, 6.45) is -7.89. The second kappa shape index (κ2) is 22.6. The zero-order chi connectivity index (χ0) is 45.1. The fraction of sp³-hybridized carbons (Fsp3) is 0.372. The van der Waals surface area contributed by atoms with Gasteiger partial charge < -0.3 is 44.2 Å². The van der Waals surface area contributed by atoms with Crippen molar-refractivity contribution in [3.8, 4) is 5.75 Å². The molecule has 4 aromatic rings. The molecule has 0 aromatic heterocycles. The van der Waals surface area contributed by atoms with Crippen molar-refractivity contribution in [3.05, 3.63) is 128 Å². The lowest BCUT2D eigenvalue weighted by Crippen LogP contribution is -2.66. The molecule has 2 amide bonds. The molecule has 0 aliphatic carbocycles. The topological polar surface area (TPSA) is 185 Å². The number of carbonyl (C=O) groups excluding carboxylic acids is 3. The van der Waals surface area contributed by atoms with Gasteiger partial charge in [0.15, 0.2) is 16.1 Å². The van der Waals surface area contributed by atoms with Gasteiger partial charge in [0, 0.05) is 28.1 Å². The lowest BCUT2D eigenvalue weighted by Gasteiger charge is -2.45. The summed E-state index contributed by atoms with van der Waals surface area (Å²) in [7, 11) is -2.27. The summed E-state index contributed by atoms with van der Waals surface area (Å²) in [4.78, 5) is 39.0. The third-order valence-electron chi connectivity index (χ3n) is 9.66. The number of hydrogen-bond donors (Lipinski definition) is 3. The molecule has 8 atom stereocenters. The van der Waals surface area contributed by atoms with Crippen LogP contribution in [0.15, 0.2) is 95.9 Å². The Balaban J connectivity index is 1.37. The van der Waals surface area contributed by atoms with Crippen LogP contribution in [0.2, 0.25) is 20.1 Å². The van der Waals surface area contributed by atoms with E-state index in [2.05, 4.69) is 10.6 Å². The van der Waals surface area contributed by atoms with Gasteiger partial charge in [0.2, 0.25) is 11.8 Å². The normalized spacial score (nSPS) is 20.4. The van der Waals surface area contributed by atoms with Crippen LogP contribution < -0.4 is 15.4 Å². The number of benzene rings is 4. The Morgan fingerprint density at radius 2 is 1.53 bits per heavy atom. The number of amides is 2. The number of rotatable bonds is 19. The Morgan fingerprint density at radius 1 is 0.887 bits per heavy atom. The summed E-state index contributed by atoms with van der Waals surface area (Å²) in [5.74, 6) is -2.29. The van der Waals surface area contributed by atoms with Gasteiger partial charge in [0.1, 0.15) is 55.0 Å². The molecule has 1 heterocycles. The first-order chi connectivity index (χ1) is 29.5. The van der Waals surface area contributed by atoms with Gasteiger partial charge in [-0.15, -0.1) is 0 Å². The number of methoxy groups -OCH3 is 1. The van der Waals surface area contributed by atoms with Crippen LogP contribution in [-0.2, 0) is 54.5 Å². The van der Waals surface area contributed by atoms with Gasteiger partial charge in [-0.2, -0.15) is 0 Å². The number of aliphatic hydroxyl groups is 1. The highest BCUT2D eigenvalue weighted by atomic mass is 35.5. The SMILES string of the molecule is COc1cc(Cl)c(C(OC[C@H]2O[C@H](OCc3ccccc3)[C@H](NC(C)=O)[C@@H](O[C@H](C)C(=O)N[C@@H](C)C(=O)OCCS(=O)(=O)c3ccccc3)[C@@H]2O)c2ccc(Cl)cc2Cl)c(Cl)c1. The molecule has 0 radical (unpaired) electrons. The third kappa shape index (κ3) is 13.0. The highest BCUT2D eigenvalue weighted by molar-refractivity contribution is 7.91. The first-order valence-corrected chi connectivity index (χ1v) is 22.4. The molecule has 0 spiro atoms. The van der Waals surface area contributed by atoms with E-state index in [1.54, 1.807) is 42.5 Å². The molecule has 14 nitrogen and oxygen atoms in total. The zero-order valence-corrected chi connectivity index (χ0v) is 37.8. The highest BCUT2D eigenvalue weighted by Gasteiger charge is 2.49. The van der Waals surface area contributed by atoms with Gasteiger partial charge in [0.25, 0.3) is 0 Å². The van der Waals surface area contributed by atoms with E-state index in [9.17, 15) is 27.9 Å². The van der Waals surface area contributed by atoms with Crippen LogP contribution >= 0.6 is 46.4 Å². The third-order valence-corrected chi connectivity index (χ3v) is 12.5. The molecule has 0 saturated carbocycles. The van der Waals surface area contributed by atoms with Crippen molar-refractivity contribution in [1.82, 2.24) is 10.6 Å². The van der Waals surface area contributed by atoms with Crippen molar-refractivity contribution in [2.24, 2.45) is 0 Å². The second-order valence-corrected chi connectivity index (χ2v) is 18.0. The molecule has 5 rings (SSSR count). The van der Waals surface area contributed by atoms with Crippen molar-refractivity contribution >= 4 is 74.0 Å². The van der Waals surface area contributed by atoms with Gasteiger partial charge in [0.05, 0.1) is 41.0 Å². The minimum absolute atomic E-state index is 0.0143. The van der Waals surface area contributed by atoms with Crippen molar-refractivity contribution in [2.75, 3.05) is 26.1 Å². The molecule has 4 aromatic carbocycles. The maximum Gasteiger partial charge on any atom is 0.328 e. The smallest absolute Gasteiger partial charge is 0.328 e. The van der Waals surface area contributed by atoms with E-state index < -0.39 is 88.9 Å². The summed E-state index contributed by atoms with van der Waals surface area (Å²) in [5, 5.41) is 18.1. The predicted molar refractivity (Wildman–Crippen MR) is 232 cm³/mol. The molecule has 1 fully saturated rings. The molecule has 334 valence electrons. The van der Waals surface area contributed by atoms with Gasteiger partial charge in [-0.05, 0) is 55.8 Å². The number of aliphatic hydroxyl groups excluding tert-OH is 1. The number of nitrogens with one attached hydrogen (secondary N) is 2. The van der Waals surface area contributed by atoms with Crippen LogP contribution in [0.3, 0.4) is 0 Å². The molecule has 1 saturated heterocycles. The molecule has 3 N–H and O–H groups in total. The number of halogens is 4. The van der Waals surface area contributed by atoms with Crippen LogP contribution in [0.5, 0.6) is 5.75 Å². The molecule has 1 aliphatic rings.